The van der Waals surface area contributed by atoms with Crippen LogP contribution in [0.3, 0.4) is 0 Å². The number of benzene rings is 1. The van der Waals surface area contributed by atoms with Gasteiger partial charge in [0.05, 0.1) is 5.56 Å². The number of hydrogen-bond acceptors (Lipinski definition) is 3. The predicted octanol–water partition coefficient (Wildman–Crippen LogP) is 2.39. The van der Waals surface area contributed by atoms with Gasteiger partial charge in [0.15, 0.2) is 0 Å². The van der Waals surface area contributed by atoms with E-state index in [1.54, 1.807) is 0 Å². The van der Waals surface area contributed by atoms with Gasteiger partial charge in [-0.2, -0.15) is 13.2 Å². The van der Waals surface area contributed by atoms with Gasteiger partial charge in [-0.3, -0.25) is 14.5 Å². The molecule has 2 N–H and O–H groups in total. The van der Waals surface area contributed by atoms with E-state index < -0.39 is 41.7 Å². The van der Waals surface area contributed by atoms with Crippen LogP contribution in [0.2, 0.25) is 0 Å². The summed E-state index contributed by atoms with van der Waals surface area (Å²) in [6.07, 6.45) is -3.09. The molecule has 142 valence electrons. The molecule has 9 heteroatoms. The van der Waals surface area contributed by atoms with Crippen molar-refractivity contribution in [2.75, 3.05) is 13.1 Å². The molecule has 1 aromatic carbocycles. The monoisotopic (exact) mass is 371 g/mol. The van der Waals surface area contributed by atoms with Gasteiger partial charge in [0.25, 0.3) is 5.91 Å². The summed E-state index contributed by atoms with van der Waals surface area (Å²) in [5, 5.41) is 4.85. The van der Waals surface area contributed by atoms with Crippen molar-refractivity contribution in [1.82, 2.24) is 15.5 Å². The fraction of sp³-hybridized carbons (Fsp3) is 0.471. The van der Waals surface area contributed by atoms with Crippen molar-refractivity contribution in [3.05, 3.63) is 35.4 Å². The second-order valence-electron chi connectivity index (χ2n) is 6.19. The number of imide groups is 1. The SMILES string of the molecule is CCCCNC(=O)CN1C(=O)NC(C)(c2ccccc2C(F)(F)F)C1=O. The minimum Gasteiger partial charge on any atom is -0.355 e. The average molecular weight is 371 g/mol. The molecule has 1 saturated heterocycles. The van der Waals surface area contributed by atoms with Crippen molar-refractivity contribution in [3.63, 3.8) is 0 Å². The number of carbonyl (C=O) groups is 3. The lowest BCUT2D eigenvalue weighted by Crippen LogP contribution is -2.44. The molecule has 1 unspecified atom stereocenters. The third-order valence-electron chi connectivity index (χ3n) is 4.20. The molecular formula is C17H20F3N3O3. The highest BCUT2D eigenvalue weighted by Gasteiger charge is 2.52. The number of alkyl halides is 3. The molecule has 1 fully saturated rings. The lowest BCUT2D eigenvalue weighted by Gasteiger charge is -2.25. The van der Waals surface area contributed by atoms with Gasteiger partial charge in [0, 0.05) is 6.54 Å². The molecule has 1 aliphatic rings. The molecule has 1 heterocycles. The van der Waals surface area contributed by atoms with Gasteiger partial charge in [0.2, 0.25) is 5.91 Å². The van der Waals surface area contributed by atoms with E-state index in [-0.39, 0.29) is 5.56 Å². The number of nitrogens with one attached hydrogen (secondary N) is 2. The van der Waals surface area contributed by atoms with Crippen LogP contribution >= 0.6 is 0 Å². The van der Waals surface area contributed by atoms with Crippen molar-refractivity contribution in [3.8, 4) is 0 Å². The van der Waals surface area contributed by atoms with E-state index in [0.717, 1.165) is 25.0 Å². The van der Waals surface area contributed by atoms with Crippen LogP contribution in [0, 0.1) is 0 Å². The smallest absolute Gasteiger partial charge is 0.355 e. The summed E-state index contributed by atoms with van der Waals surface area (Å²) in [4.78, 5) is 37.3. The number of unbranched alkanes of at least 4 members (excludes halogenated alkanes) is 1. The van der Waals surface area contributed by atoms with Gasteiger partial charge in [-0.05, 0) is 25.0 Å². The first kappa shape index (κ1) is 19.7. The highest BCUT2D eigenvalue weighted by molar-refractivity contribution is 6.09. The van der Waals surface area contributed by atoms with Crippen LogP contribution in [0.25, 0.3) is 0 Å². The number of nitrogens with zero attached hydrogens (tertiary/aromatic N) is 1. The Balaban J connectivity index is 2.26. The molecule has 6 nitrogen and oxygen atoms in total. The molecule has 1 aromatic rings. The van der Waals surface area contributed by atoms with E-state index in [9.17, 15) is 27.6 Å². The van der Waals surface area contributed by atoms with Crippen molar-refractivity contribution in [2.24, 2.45) is 0 Å². The zero-order chi connectivity index (χ0) is 19.5. The Morgan fingerprint density at radius 3 is 2.54 bits per heavy atom. The lowest BCUT2D eigenvalue weighted by atomic mass is 9.87. The van der Waals surface area contributed by atoms with Gasteiger partial charge in [-0.25, -0.2) is 4.79 Å². The first-order valence-corrected chi connectivity index (χ1v) is 8.18. The Morgan fingerprint density at radius 2 is 1.92 bits per heavy atom. The predicted molar refractivity (Wildman–Crippen MR) is 87.0 cm³/mol. The minimum absolute atomic E-state index is 0.361. The van der Waals surface area contributed by atoms with Crippen molar-refractivity contribution >= 4 is 17.8 Å². The van der Waals surface area contributed by atoms with Crippen LogP contribution in [-0.2, 0) is 21.3 Å². The molecule has 0 saturated carbocycles. The molecule has 0 bridgehead atoms. The highest BCUT2D eigenvalue weighted by Crippen LogP contribution is 2.39. The van der Waals surface area contributed by atoms with Gasteiger partial charge in [-0.15, -0.1) is 0 Å². The first-order chi connectivity index (χ1) is 12.1. The highest BCUT2D eigenvalue weighted by atomic mass is 19.4. The number of carbonyl (C=O) groups excluding carboxylic acids is 3. The molecule has 1 aliphatic heterocycles. The van der Waals surface area contributed by atoms with Crippen molar-refractivity contribution < 1.29 is 27.6 Å². The summed E-state index contributed by atoms with van der Waals surface area (Å²) >= 11 is 0. The standard InChI is InChI=1S/C17H20F3N3O3/c1-3-4-9-21-13(24)10-23-14(25)16(2,22-15(23)26)11-7-5-6-8-12(11)17(18,19)20/h5-8H,3-4,9-10H2,1-2H3,(H,21,24)(H,22,26). The molecule has 0 aliphatic carbocycles. The Hall–Kier alpha value is -2.58. The second kappa shape index (κ2) is 7.35. The first-order valence-electron chi connectivity index (χ1n) is 8.18. The largest absolute Gasteiger partial charge is 0.416 e. The Kier molecular flexibility index (Phi) is 5.58. The molecule has 0 radical (unpaired) electrons. The van der Waals surface area contributed by atoms with Crippen LogP contribution < -0.4 is 10.6 Å². The Bertz CT molecular complexity index is 721. The van der Waals surface area contributed by atoms with E-state index in [1.807, 2.05) is 6.92 Å². The summed E-state index contributed by atoms with van der Waals surface area (Å²) in [5.41, 5.74) is -3.27. The van der Waals surface area contributed by atoms with E-state index in [2.05, 4.69) is 10.6 Å². The maximum absolute atomic E-state index is 13.3. The third-order valence-corrected chi connectivity index (χ3v) is 4.20. The quantitative estimate of drug-likeness (QED) is 0.595. The number of rotatable bonds is 6. The van der Waals surface area contributed by atoms with E-state index in [1.165, 1.54) is 19.1 Å². The molecule has 0 spiro atoms. The maximum Gasteiger partial charge on any atom is 0.416 e. The van der Waals surface area contributed by atoms with Gasteiger partial charge in [0.1, 0.15) is 12.1 Å². The third kappa shape index (κ3) is 3.81. The molecule has 0 aromatic heterocycles. The topological polar surface area (TPSA) is 78.5 Å². The Labute approximate surface area is 148 Å². The van der Waals surface area contributed by atoms with Gasteiger partial charge < -0.3 is 10.6 Å². The van der Waals surface area contributed by atoms with Crippen LogP contribution in [0.1, 0.15) is 37.8 Å². The zero-order valence-electron chi connectivity index (χ0n) is 14.4. The van der Waals surface area contributed by atoms with E-state index >= 15 is 0 Å². The van der Waals surface area contributed by atoms with Gasteiger partial charge >= 0.3 is 12.2 Å². The zero-order valence-corrected chi connectivity index (χ0v) is 14.4. The van der Waals surface area contributed by atoms with Crippen LogP contribution in [-0.4, -0.2) is 35.8 Å². The summed E-state index contributed by atoms with van der Waals surface area (Å²) in [5.74, 6) is -1.44. The summed E-state index contributed by atoms with van der Waals surface area (Å²) in [6, 6.07) is 3.65. The fourth-order valence-corrected chi connectivity index (χ4v) is 2.79. The van der Waals surface area contributed by atoms with Crippen molar-refractivity contribution in [1.29, 1.82) is 0 Å². The van der Waals surface area contributed by atoms with Crippen LogP contribution in [0.15, 0.2) is 24.3 Å². The summed E-state index contributed by atoms with van der Waals surface area (Å²) < 4.78 is 39.8. The fourth-order valence-electron chi connectivity index (χ4n) is 2.79. The maximum atomic E-state index is 13.3. The van der Waals surface area contributed by atoms with Crippen molar-refractivity contribution in [2.45, 2.75) is 38.4 Å². The number of hydrogen-bond donors (Lipinski definition) is 2. The molecule has 26 heavy (non-hydrogen) atoms. The molecule has 2 rings (SSSR count). The molecule has 1 atom stereocenters. The average Bonchev–Trinajstić information content (AvgIpc) is 2.78. The minimum atomic E-state index is -4.68. The number of amides is 4. The number of halogens is 3. The van der Waals surface area contributed by atoms with E-state index in [0.29, 0.717) is 11.4 Å². The normalized spacial score (nSPS) is 20.3. The molecular weight excluding hydrogens is 351 g/mol. The van der Waals surface area contributed by atoms with E-state index in [4.69, 9.17) is 0 Å². The second-order valence-corrected chi connectivity index (χ2v) is 6.19. The lowest BCUT2D eigenvalue weighted by molar-refractivity contribution is -0.140. The van der Waals surface area contributed by atoms with Crippen LogP contribution in [0.4, 0.5) is 18.0 Å². The Morgan fingerprint density at radius 1 is 1.27 bits per heavy atom. The van der Waals surface area contributed by atoms with Crippen LogP contribution in [0.5, 0.6) is 0 Å². The summed E-state index contributed by atoms with van der Waals surface area (Å²) in [7, 11) is 0. The molecule has 4 amide bonds. The van der Waals surface area contributed by atoms with Gasteiger partial charge in [-0.1, -0.05) is 31.5 Å². The number of urea groups is 1. The summed E-state index contributed by atoms with van der Waals surface area (Å²) in [6.45, 7) is 2.99.